The fourth-order valence-corrected chi connectivity index (χ4v) is 3.53. The van der Waals surface area contributed by atoms with E-state index in [0.29, 0.717) is 0 Å². The van der Waals surface area contributed by atoms with Gasteiger partial charge < -0.3 is 4.57 Å². The number of rotatable bonds is 4. The van der Waals surface area contributed by atoms with Gasteiger partial charge >= 0.3 is 0 Å². The molecule has 0 fully saturated rings. The van der Waals surface area contributed by atoms with Gasteiger partial charge in [-0.1, -0.05) is 68.8 Å². The normalized spacial score (nSPS) is 12.8. The van der Waals surface area contributed by atoms with E-state index < -0.39 is 0 Å². The van der Waals surface area contributed by atoms with E-state index >= 15 is 0 Å². The molecule has 0 saturated heterocycles. The maximum atomic E-state index is 2.37. The molecular weight excluding hydrogens is 290 g/mol. The van der Waals surface area contributed by atoms with Crippen LogP contribution in [0.5, 0.6) is 0 Å². The number of hydrogen-bond acceptors (Lipinski definition) is 0. The van der Waals surface area contributed by atoms with Crippen molar-refractivity contribution in [3.05, 3.63) is 78.4 Å². The Morgan fingerprint density at radius 3 is 1.83 bits per heavy atom. The van der Waals surface area contributed by atoms with E-state index in [1.54, 1.807) is 0 Å². The minimum atomic E-state index is 0.740. The maximum Gasteiger partial charge on any atom is 0.0541 e. The van der Waals surface area contributed by atoms with E-state index in [1.807, 2.05) is 0 Å². The third-order valence-corrected chi connectivity index (χ3v) is 5.06. The molecule has 120 valence electrons. The third-order valence-electron chi connectivity index (χ3n) is 5.06. The lowest BCUT2D eigenvalue weighted by molar-refractivity contribution is 0.560. The average Bonchev–Trinajstić information content (AvgIpc) is 2.97. The molecule has 4 rings (SSSR count). The number of para-hydroxylation sites is 2. The van der Waals surface area contributed by atoms with Crippen molar-refractivity contribution in [2.75, 3.05) is 0 Å². The van der Waals surface area contributed by atoms with Crippen LogP contribution in [0.3, 0.4) is 0 Å². The first kappa shape index (κ1) is 15.0. The molecule has 0 aliphatic rings. The highest BCUT2D eigenvalue weighted by molar-refractivity contribution is 6.09. The summed E-state index contributed by atoms with van der Waals surface area (Å²) in [5.74, 6) is 0.740. The summed E-state index contributed by atoms with van der Waals surface area (Å²) in [6.45, 7) is 4.58. The number of benzene rings is 3. The molecule has 1 atom stereocenters. The van der Waals surface area contributed by atoms with E-state index in [2.05, 4.69) is 91.2 Å². The molecule has 3 aromatic carbocycles. The Balaban J connectivity index is 1.86. The van der Waals surface area contributed by atoms with E-state index in [0.717, 1.165) is 12.3 Å². The molecule has 0 amide bonds. The Labute approximate surface area is 143 Å². The fraction of sp³-hybridized carbons (Fsp3) is 0.217. The van der Waals surface area contributed by atoms with Gasteiger partial charge in [-0.25, -0.2) is 0 Å². The van der Waals surface area contributed by atoms with Crippen molar-refractivity contribution in [3.63, 3.8) is 0 Å². The van der Waals surface area contributed by atoms with Crippen molar-refractivity contribution >= 4 is 21.8 Å². The van der Waals surface area contributed by atoms with Crippen molar-refractivity contribution in [1.82, 2.24) is 4.57 Å². The summed E-state index contributed by atoms with van der Waals surface area (Å²) in [7, 11) is 0. The molecule has 0 aliphatic carbocycles. The average molecular weight is 313 g/mol. The summed E-state index contributed by atoms with van der Waals surface area (Å²) in [6, 6.07) is 26.4. The molecule has 0 spiro atoms. The minimum absolute atomic E-state index is 0.740. The first-order valence-electron chi connectivity index (χ1n) is 8.85. The quantitative estimate of drug-likeness (QED) is 0.412. The first-order valence-corrected chi connectivity index (χ1v) is 8.85. The summed E-state index contributed by atoms with van der Waals surface area (Å²) in [6.07, 6.45) is 2.39. The van der Waals surface area contributed by atoms with Gasteiger partial charge in [-0.05, 0) is 42.2 Å². The summed E-state index contributed by atoms with van der Waals surface area (Å²) in [5, 5.41) is 2.63. The van der Waals surface area contributed by atoms with E-state index in [9.17, 15) is 0 Å². The summed E-state index contributed by atoms with van der Waals surface area (Å²) in [4.78, 5) is 0. The lowest BCUT2D eigenvalue weighted by Gasteiger charge is -2.11. The van der Waals surface area contributed by atoms with Crippen LogP contribution < -0.4 is 0 Å². The Bertz CT molecular complexity index is 923. The van der Waals surface area contributed by atoms with Crippen molar-refractivity contribution in [3.8, 4) is 5.69 Å². The molecule has 0 aliphatic heterocycles. The summed E-state index contributed by atoms with van der Waals surface area (Å²) < 4.78 is 2.37. The van der Waals surface area contributed by atoms with Crippen molar-refractivity contribution < 1.29 is 0 Å². The monoisotopic (exact) mass is 313 g/mol. The summed E-state index contributed by atoms with van der Waals surface area (Å²) in [5.41, 5.74) is 5.20. The molecule has 0 bridgehead atoms. The van der Waals surface area contributed by atoms with Crippen LogP contribution in [0.2, 0.25) is 0 Å². The van der Waals surface area contributed by atoms with Crippen LogP contribution in [0, 0.1) is 5.92 Å². The second-order valence-electron chi connectivity index (χ2n) is 6.75. The molecule has 1 nitrogen and oxygen atoms in total. The van der Waals surface area contributed by atoms with Crippen LogP contribution >= 0.6 is 0 Å². The number of fused-ring (bicyclic) bond motifs is 3. The zero-order chi connectivity index (χ0) is 16.5. The molecule has 24 heavy (non-hydrogen) atoms. The van der Waals surface area contributed by atoms with Gasteiger partial charge in [0, 0.05) is 16.5 Å². The smallest absolute Gasteiger partial charge is 0.0541 e. The van der Waals surface area contributed by atoms with Crippen molar-refractivity contribution in [1.29, 1.82) is 0 Å². The minimum Gasteiger partial charge on any atom is -0.309 e. The van der Waals surface area contributed by atoms with Gasteiger partial charge in [-0.2, -0.15) is 0 Å². The lowest BCUT2D eigenvalue weighted by Crippen LogP contribution is -1.99. The van der Waals surface area contributed by atoms with Gasteiger partial charge in [0.15, 0.2) is 0 Å². The van der Waals surface area contributed by atoms with E-state index in [1.165, 1.54) is 39.5 Å². The maximum absolute atomic E-state index is 2.37. The van der Waals surface area contributed by atoms with Gasteiger partial charge in [0.25, 0.3) is 0 Å². The van der Waals surface area contributed by atoms with Gasteiger partial charge in [0.1, 0.15) is 0 Å². The van der Waals surface area contributed by atoms with Crippen LogP contribution in [0.15, 0.2) is 72.8 Å². The van der Waals surface area contributed by atoms with Crippen molar-refractivity contribution in [2.45, 2.75) is 26.7 Å². The third kappa shape index (κ3) is 2.50. The molecule has 1 aromatic heterocycles. The zero-order valence-corrected chi connectivity index (χ0v) is 14.4. The number of nitrogens with zero attached hydrogens (tertiary/aromatic N) is 1. The van der Waals surface area contributed by atoms with Gasteiger partial charge in [0.05, 0.1) is 11.0 Å². The molecule has 0 saturated carbocycles. The molecular formula is C23H23N. The Kier molecular flexibility index (Phi) is 3.86. The standard InChI is InChI=1S/C23H23N/c1-3-17(2)16-18-12-14-19(15-13-18)24-22-10-6-4-8-20(22)21-9-5-7-11-23(21)24/h4-15,17H,3,16H2,1-2H3. The Hall–Kier alpha value is -2.54. The fourth-order valence-electron chi connectivity index (χ4n) is 3.53. The second-order valence-corrected chi connectivity index (χ2v) is 6.75. The highest BCUT2D eigenvalue weighted by Gasteiger charge is 2.11. The van der Waals surface area contributed by atoms with Gasteiger partial charge in [-0.15, -0.1) is 0 Å². The molecule has 4 aromatic rings. The van der Waals surface area contributed by atoms with Crippen LogP contribution in [0.25, 0.3) is 27.5 Å². The molecule has 1 heteroatoms. The number of aromatic nitrogens is 1. The zero-order valence-electron chi connectivity index (χ0n) is 14.4. The number of hydrogen-bond donors (Lipinski definition) is 0. The Morgan fingerprint density at radius 1 is 0.750 bits per heavy atom. The second kappa shape index (κ2) is 6.16. The van der Waals surface area contributed by atoms with Crippen LogP contribution in [-0.4, -0.2) is 4.57 Å². The predicted molar refractivity (Wildman–Crippen MR) is 104 cm³/mol. The molecule has 1 unspecified atom stereocenters. The highest BCUT2D eigenvalue weighted by atomic mass is 15.0. The van der Waals surface area contributed by atoms with Crippen LogP contribution in [-0.2, 0) is 6.42 Å². The molecule has 0 N–H and O–H groups in total. The van der Waals surface area contributed by atoms with Gasteiger partial charge in [0.2, 0.25) is 0 Å². The van der Waals surface area contributed by atoms with E-state index in [-0.39, 0.29) is 0 Å². The largest absolute Gasteiger partial charge is 0.309 e. The van der Waals surface area contributed by atoms with Gasteiger partial charge in [-0.3, -0.25) is 0 Å². The van der Waals surface area contributed by atoms with Crippen LogP contribution in [0.4, 0.5) is 0 Å². The topological polar surface area (TPSA) is 4.93 Å². The molecule has 1 heterocycles. The summed E-state index contributed by atoms with van der Waals surface area (Å²) >= 11 is 0. The SMILES string of the molecule is CCC(C)Cc1ccc(-n2c3ccccc3c3ccccc32)cc1. The van der Waals surface area contributed by atoms with Crippen LogP contribution in [0.1, 0.15) is 25.8 Å². The van der Waals surface area contributed by atoms with E-state index in [4.69, 9.17) is 0 Å². The van der Waals surface area contributed by atoms with Crippen molar-refractivity contribution in [2.24, 2.45) is 5.92 Å². The molecule has 0 radical (unpaired) electrons. The Morgan fingerprint density at radius 2 is 1.29 bits per heavy atom. The lowest BCUT2D eigenvalue weighted by atomic mass is 9.99. The first-order chi connectivity index (χ1) is 11.8. The highest BCUT2D eigenvalue weighted by Crippen LogP contribution is 2.31. The predicted octanol–water partition coefficient (Wildman–Crippen LogP) is 6.37.